The lowest BCUT2D eigenvalue weighted by Gasteiger charge is -2.25. The number of amides is 1. The van der Waals surface area contributed by atoms with Gasteiger partial charge in [-0.3, -0.25) is 9.59 Å². The van der Waals surface area contributed by atoms with Gasteiger partial charge in [0.1, 0.15) is 6.54 Å². The van der Waals surface area contributed by atoms with Gasteiger partial charge in [0.2, 0.25) is 5.91 Å². The number of alkyl halides is 3. The van der Waals surface area contributed by atoms with Crippen molar-refractivity contribution in [3.8, 4) is 11.1 Å². The number of benzene rings is 4. The molecule has 2 aromatic heterocycles. The molecule has 0 spiro atoms. The van der Waals surface area contributed by atoms with Gasteiger partial charge in [0.05, 0.1) is 28.1 Å². The third-order valence-electron chi connectivity index (χ3n) is 8.80. The van der Waals surface area contributed by atoms with E-state index in [9.17, 15) is 31.5 Å². The van der Waals surface area contributed by atoms with Crippen molar-refractivity contribution in [3.63, 3.8) is 0 Å². The largest absolute Gasteiger partial charge is 0.416 e. The van der Waals surface area contributed by atoms with E-state index in [0.29, 0.717) is 34.5 Å². The molecule has 4 aromatic carbocycles. The van der Waals surface area contributed by atoms with Gasteiger partial charge in [-0.1, -0.05) is 60.7 Å². The van der Waals surface area contributed by atoms with Crippen LogP contribution in [0.5, 0.6) is 0 Å². The van der Waals surface area contributed by atoms with Crippen molar-refractivity contribution in [3.05, 3.63) is 154 Å². The Bertz CT molecular complexity index is 2250. The second-order valence-corrected chi connectivity index (χ2v) is 13.7. The number of fused-ring (bicyclic) bond motifs is 1. The number of carbonyl (C=O) groups excluding carboxylic acids is 1. The van der Waals surface area contributed by atoms with Gasteiger partial charge >= 0.3 is 6.18 Å². The first kappa shape index (κ1) is 36.6. The number of aromatic nitrogens is 3. The van der Waals surface area contributed by atoms with E-state index in [0.717, 1.165) is 46.8 Å². The summed E-state index contributed by atoms with van der Waals surface area (Å²) in [6.07, 6.45) is -0.253. The normalized spacial score (nSPS) is 11.8. The first-order valence-corrected chi connectivity index (χ1v) is 17.6. The molecule has 6 rings (SSSR count). The maximum absolute atomic E-state index is 14.5. The third kappa shape index (κ3) is 8.45. The summed E-state index contributed by atoms with van der Waals surface area (Å²) in [4.78, 5) is 33.6. The van der Waals surface area contributed by atoms with Crippen molar-refractivity contribution in [1.29, 1.82) is 0 Å². The van der Waals surface area contributed by atoms with Gasteiger partial charge in [-0.2, -0.15) is 13.2 Å². The van der Waals surface area contributed by atoms with Crippen LogP contribution in [-0.2, 0) is 36.2 Å². The summed E-state index contributed by atoms with van der Waals surface area (Å²) in [7, 11) is 0. The minimum absolute atomic E-state index is 0.0308. The van der Waals surface area contributed by atoms with Crippen molar-refractivity contribution in [2.45, 2.75) is 56.4 Å². The lowest BCUT2D eigenvalue weighted by Crippen LogP contribution is -2.35. The fraction of sp³-hybridized carbons (Fsp3) is 0.225. The molecule has 0 aliphatic rings. The van der Waals surface area contributed by atoms with Gasteiger partial charge in [0.15, 0.2) is 17.1 Å². The molecule has 0 saturated heterocycles. The zero-order valence-corrected chi connectivity index (χ0v) is 29.2. The molecule has 1 amide bonds. The van der Waals surface area contributed by atoms with Crippen molar-refractivity contribution in [1.82, 2.24) is 19.0 Å². The standard InChI is InChI=1S/C40H35F5N4O2S/c1-26(2)48-22-32(46-25-48)18-19-47(21-27-10-12-28(13-11-27)29-14-16-31(17-15-29)40(43,44)45)37(51)23-49-35-9-4-3-7-33(35)36(50)20-38(49)52-24-30-6-5-8-34(41)39(30)42/h3-17,20,22,25-26H,18-19,21,23-24H2,1-2H3. The van der Waals surface area contributed by atoms with Crippen LogP contribution in [0.2, 0.25) is 0 Å². The van der Waals surface area contributed by atoms with Crippen LogP contribution in [0.1, 0.15) is 42.3 Å². The van der Waals surface area contributed by atoms with Crippen molar-refractivity contribution in [2.75, 3.05) is 6.54 Å². The molecule has 0 fully saturated rings. The highest BCUT2D eigenvalue weighted by atomic mass is 32.2. The molecule has 6 aromatic rings. The van der Waals surface area contributed by atoms with Gasteiger partial charge in [0.25, 0.3) is 0 Å². The quantitative estimate of drug-likeness (QED) is 0.0931. The van der Waals surface area contributed by atoms with Gasteiger partial charge in [-0.05, 0) is 60.9 Å². The Morgan fingerprint density at radius 2 is 1.60 bits per heavy atom. The van der Waals surface area contributed by atoms with Crippen molar-refractivity contribution < 1.29 is 26.7 Å². The minimum Gasteiger partial charge on any atom is -0.336 e. The topological polar surface area (TPSA) is 60.1 Å². The average Bonchev–Trinajstić information content (AvgIpc) is 3.62. The SMILES string of the molecule is CC(C)n1cnc(CCN(Cc2ccc(-c3ccc(C(F)(F)F)cc3)cc2)C(=O)Cn2c(SCc3cccc(F)c3F)cc(=O)c3ccccc32)c1. The fourth-order valence-electron chi connectivity index (χ4n) is 5.84. The molecule has 0 radical (unpaired) electrons. The number of hydrogen-bond acceptors (Lipinski definition) is 4. The number of nitrogens with zero attached hydrogens (tertiary/aromatic N) is 4. The second-order valence-electron chi connectivity index (χ2n) is 12.7. The van der Waals surface area contributed by atoms with Gasteiger partial charge in [-0.15, -0.1) is 11.8 Å². The molecule has 0 atom stereocenters. The Hall–Kier alpha value is -5.23. The Labute approximate surface area is 301 Å². The number of thioether (sulfide) groups is 1. The average molecular weight is 731 g/mol. The van der Waals surface area contributed by atoms with Crippen LogP contribution in [0.15, 0.2) is 119 Å². The zero-order valence-electron chi connectivity index (χ0n) is 28.4. The summed E-state index contributed by atoms with van der Waals surface area (Å²) in [6.45, 7) is 4.50. The summed E-state index contributed by atoms with van der Waals surface area (Å²) in [5.74, 6) is -2.15. The molecule has 0 aliphatic carbocycles. The molecule has 52 heavy (non-hydrogen) atoms. The molecule has 0 aliphatic heterocycles. The van der Waals surface area contributed by atoms with E-state index >= 15 is 0 Å². The van der Waals surface area contributed by atoms with Crippen LogP contribution in [-0.4, -0.2) is 31.5 Å². The molecule has 0 unspecified atom stereocenters. The lowest BCUT2D eigenvalue weighted by atomic mass is 10.0. The Kier molecular flexibility index (Phi) is 10.9. The van der Waals surface area contributed by atoms with E-state index in [1.165, 1.54) is 30.3 Å². The zero-order chi connectivity index (χ0) is 37.0. The molecular weight excluding hydrogens is 696 g/mol. The van der Waals surface area contributed by atoms with E-state index in [4.69, 9.17) is 0 Å². The van der Waals surface area contributed by atoms with Gasteiger partial charge in [0, 0.05) is 54.5 Å². The minimum atomic E-state index is -4.43. The summed E-state index contributed by atoms with van der Waals surface area (Å²) in [6, 6.07) is 24.7. The number of rotatable bonds is 12. The van der Waals surface area contributed by atoms with Crippen LogP contribution < -0.4 is 5.43 Å². The van der Waals surface area contributed by atoms with Crippen molar-refractivity contribution in [2.24, 2.45) is 0 Å². The van der Waals surface area contributed by atoms with Crippen LogP contribution in [0.3, 0.4) is 0 Å². The molecule has 12 heteroatoms. The van der Waals surface area contributed by atoms with Gasteiger partial charge in [-0.25, -0.2) is 13.8 Å². The highest BCUT2D eigenvalue weighted by molar-refractivity contribution is 7.98. The highest BCUT2D eigenvalue weighted by Gasteiger charge is 2.30. The predicted octanol–water partition coefficient (Wildman–Crippen LogP) is 9.31. The maximum Gasteiger partial charge on any atom is 0.416 e. The summed E-state index contributed by atoms with van der Waals surface area (Å²) < 4.78 is 71.5. The smallest absolute Gasteiger partial charge is 0.336 e. The number of hydrogen-bond donors (Lipinski definition) is 0. The molecule has 0 saturated carbocycles. The first-order valence-electron chi connectivity index (χ1n) is 16.6. The third-order valence-corrected chi connectivity index (χ3v) is 9.89. The number of pyridine rings is 1. The summed E-state index contributed by atoms with van der Waals surface area (Å²) >= 11 is 1.14. The lowest BCUT2D eigenvalue weighted by molar-refractivity contribution is -0.137. The van der Waals surface area contributed by atoms with Crippen LogP contribution in [0, 0.1) is 11.6 Å². The Morgan fingerprint density at radius 1 is 0.904 bits per heavy atom. The van der Waals surface area contributed by atoms with E-state index in [1.807, 2.05) is 36.7 Å². The van der Waals surface area contributed by atoms with E-state index in [2.05, 4.69) is 4.98 Å². The maximum atomic E-state index is 14.5. The van der Waals surface area contributed by atoms with Crippen LogP contribution in [0.25, 0.3) is 22.0 Å². The second kappa shape index (κ2) is 15.6. The molecule has 2 heterocycles. The predicted molar refractivity (Wildman–Crippen MR) is 193 cm³/mol. The van der Waals surface area contributed by atoms with Crippen molar-refractivity contribution >= 4 is 28.6 Å². The monoisotopic (exact) mass is 730 g/mol. The number of carbonyl (C=O) groups is 1. The Balaban J connectivity index is 1.28. The molecular formula is C40H35F5N4O2S. The van der Waals surface area contributed by atoms with Crippen LogP contribution >= 0.6 is 11.8 Å². The number of halogens is 5. The van der Waals surface area contributed by atoms with E-state index in [1.54, 1.807) is 52.2 Å². The van der Waals surface area contributed by atoms with Gasteiger partial charge < -0.3 is 14.0 Å². The highest BCUT2D eigenvalue weighted by Crippen LogP contribution is 2.31. The summed E-state index contributed by atoms with van der Waals surface area (Å²) in [5, 5.41) is 0.846. The molecule has 6 nitrogen and oxygen atoms in total. The van der Waals surface area contributed by atoms with E-state index < -0.39 is 23.4 Å². The molecule has 0 bridgehead atoms. The molecule has 268 valence electrons. The fourth-order valence-corrected chi connectivity index (χ4v) is 6.88. The van der Waals surface area contributed by atoms with Crippen LogP contribution in [0.4, 0.5) is 22.0 Å². The summed E-state index contributed by atoms with van der Waals surface area (Å²) in [5.41, 5.74) is 2.65. The number of para-hydroxylation sites is 1. The Morgan fingerprint density at radius 3 is 2.27 bits per heavy atom. The first-order chi connectivity index (χ1) is 24.9. The number of imidazole rings is 1. The van der Waals surface area contributed by atoms with E-state index in [-0.39, 0.29) is 41.8 Å². The molecule has 0 N–H and O–H groups in total.